The van der Waals surface area contributed by atoms with Crippen molar-refractivity contribution in [2.75, 3.05) is 4.72 Å². The molecule has 15 heteroatoms. The van der Waals surface area contributed by atoms with Gasteiger partial charge in [-0.25, -0.2) is 9.78 Å². The molecule has 0 atom stereocenters. The fourth-order valence-corrected chi connectivity index (χ4v) is 4.41. The van der Waals surface area contributed by atoms with E-state index in [1.165, 1.54) is 47.4 Å². The quantitative estimate of drug-likeness (QED) is 0.323. The second-order valence-corrected chi connectivity index (χ2v) is 9.30. The monoisotopic (exact) mass is 524 g/mol. The number of nitrogens with zero attached hydrogens (tertiary/aromatic N) is 4. The van der Waals surface area contributed by atoms with E-state index in [2.05, 4.69) is 19.8 Å². The largest absolute Gasteiger partial charge is 0.506 e. The molecule has 0 aliphatic rings. The smallest absolute Gasteiger partial charge is 0.349 e. The van der Waals surface area contributed by atoms with Crippen LogP contribution in [0, 0.1) is 0 Å². The standard InChI is InChI=1S/C19H14Cl2N6O6S/c1-26-8-17(22-9-26)34(31,32)25-14-6-11(2-3-15(14)28)33-18-12(20)4-10(5-13(18)21)27-19(30)24-16(29)7-23-27/h2-9,25,28H,1H3,(H,24,29,30). The van der Waals surface area contributed by atoms with Crippen molar-refractivity contribution >= 4 is 38.9 Å². The summed E-state index contributed by atoms with van der Waals surface area (Å²) in [7, 11) is -2.47. The van der Waals surface area contributed by atoms with E-state index in [1.807, 2.05) is 0 Å². The van der Waals surface area contributed by atoms with Gasteiger partial charge in [-0.15, -0.1) is 0 Å². The number of anilines is 1. The number of phenols is 1. The van der Waals surface area contributed by atoms with Gasteiger partial charge in [0.2, 0.25) is 0 Å². The molecule has 3 N–H and O–H groups in total. The van der Waals surface area contributed by atoms with Gasteiger partial charge in [-0.3, -0.25) is 14.5 Å². The van der Waals surface area contributed by atoms with Crippen LogP contribution in [0.15, 0.2) is 63.7 Å². The first-order valence-electron chi connectivity index (χ1n) is 9.23. The van der Waals surface area contributed by atoms with Crippen molar-refractivity contribution in [1.29, 1.82) is 0 Å². The number of halogens is 2. The SMILES string of the molecule is Cn1cnc(S(=O)(=O)Nc2cc(Oc3c(Cl)cc(-n4ncc(=O)[nH]c4=O)cc3Cl)ccc2O)c1. The molecule has 4 rings (SSSR count). The van der Waals surface area contributed by atoms with E-state index < -0.39 is 21.3 Å². The molecule has 0 bridgehead atoms. The van der Waals surface area contributed by atoms with Crippen LogP contribution in [0.3, 0.4) is 0 Å². The maximum Gasteiger partial charge on any atom is 0.349 e. The van der Waals surface area contributed by atoms with Gasteiger partial charge in [0.1, 0.15) is 17.7 Å². The van der Waals surface area contributed by atoms with E-state index in [9.17, 15) is 23.1 Å². The summed E-state index contributed by atoms with van der Waals surface area (Å²) in [6.45, 7) is 0. The average Bonchev–Trinajstić information content (AvgIpc) is 3.20. The van der Waals surface area contributed by atoms with Gasteiger partial charge in [0.25, 0.3) is 15.6 Å². The van der Waals surface area contributed by atoms with Crippen LogP contribution >= 0.6 is 23.2 Å². The van der Waals surface area contributed by atoms with Crippen LogP contribution < -0.4 is 20.7 Å². The first-order chi connectivity index (χ1) is 16.0. The van der Waals surface area contributed by atoms with Crippen molar-refractivity contribution < 1.29 is 18.3 Å². The summed E-state index contributed by atoms with van der Waals surface area (Å²) in [5.74, 6) is -0.274. The van der Waals surface area contributed by atoms with E-state index >= 15 is 0 Å². The molecular weight excluding hydrogens is 511 g/mol. The van der Waals surface area contributed by atoms with Crippen LogP contribution in [-0.2, 0) is 17.1 Å². The third-order valence-corrected chi connectivity index (χ3v) is 6.14. The molecule has 34 heavy (non-hydrogen) atoms. The molecule has 0 unspecified atom stereocenters. The van der Waals surface area contributed by atoms with Crippen molar-refractivity contribution in [2.24, 2.45) is 7.05 Å². The minimum Gasteiger partial charge on any atom is -0.506 e. The summed E-state index contributed by atoms with van der Waals surface area (Å²) in [6, 6.07) is 6.47. The predicted molar refractivity (Wildman–Crippen MR) is 123 cm³/mol. The van der Waals surface area contributed by atoms with Gasteiger partial charge in [0.15, 0.2) is 10.8 Å². The number of aromatic nitrogens is 5. The van der Waals surface area contributed by atoms with Gasteiger partial charge in [-0.2, -0.15) is 18.2 Å². The van der Waals surface area contributed by atoms with Gasteiger partial charge in [0.05, 0.1) is 27.7 Å². The Hall–Kier alpha value is -3.81. The summed E-state index contributed by atoms with van der Waals surface area (Å²) >= 11 is 12.6. The third kappa shape index (κ3) is 4.76. The predicted octanol–water partition coefficient (Wildman–Crippen LogP) is 2.26. The normalized spacial score (nSPS) is 11.4. The third-order valence-electron chi connectivity index (χ3n) is 4.33. The van der Waals surface area contributed by atoms with E-state index in [1.54, 1.807) is 7.05 Å². The van der Waals surface area contributed by atoms with E-state index in [4.69, 9.17) is 27.9 Å². The van der Waals surface area contributed by atoms with Crippen LogP contribution in [0.1, 0.15) is 0 Å². The lowest BCUT2D eigenvalue weighted by molar-refractivity contribution is 0.466. The lowest BCUT2D eigenvalue weighted by Gasteiger charge is -2.14. The molecule has 0 spiro atoms. The number of imidazole rings is 1. The number of aromatic amines is 1. The van der Waals surface area contributed by atoms with Crippen LogP contribution in [0.5, 0.6) is 17.2 Å². The number of rotatable bonds is 6. The molecular formula is C19H14Cl2N6O6S. The highest BCUT2D eigenvalue weighted by atomic mass is 35.5. The van der Waals surface area contributed by atoms with E-state index in [-0.39, 0.29) is 43.7 Å². The summed E-state index contributed by atoms with van der Waals surface area (Å²) < 4.78 is 35.3. The van der Waals surface area contributed by atoms with Crippen LogP contribution in [-0.4, -0.2) is 37.8 Å². The highest BCUT2D eigenvalue weighted by Crippen LogP contribution is 2.39. The number of phenolic OH excluding ortho intramolecular Hbond substituents is 1. The first kappa shape index (κ1) is 23.4. The lowest BCUT2D eigenvalue weighted by atomic mass is 10.2. The number of aromatic hydroxyl groups is 1. The van der Waals surface area contributed by atoms with Gasteiger partial charge < -0.3 is 14.4 Å². The van der Waals surface area contributed by atoms with Crippen molar-refractivity contribution in [3.05, 3.63) is 79.9 Å². The van der Waals surface area contributed by atoms with Gasteiger partial charge in [-0.05, 0) is 24.3 Å². The number of benzene rings is 2. The summed E-state index contributed by atoms with van der Waals surface area (Å²) in [5, 5.41) is 13.6. The number of H-pyrrole nitrogens is 1. The molecule has 4 aromatic rings. The molecule has 0 aliphatic carbocycles. The molecule has 176 valence electrons. The Labute approximate surface area is 201 Å². The molecule has 0 saturated heterocycles. The fourth-order valence-electron chi connectivity index (χ4n) is 2.81. The summed E-state index contributed by atoms with van der Waals surface area (Å²) in [6.07, 6.45) is 3.53. The molecule has 2 aromatic heterocycles. The number of hydrogen-bond acceptors (Lipinski definition) is 8. The second kappa shape index (κ2) is 8.85. The molecule has 0 aliphatic heterocycles. The molecule has 0 saturated carbocycles. The van der Waals surface area contributed by atoms with Crippen LogP contribution in [0.2, 0.25) is 10.0 Å². The van der Waals surface area contributed by atoms with Gasteiger partial charge in [0, 0.05) is 19.3 Å². The number of aryl methyl sites for hydroxylation is 1. The molecule has 0 fully saturated rings. The summed E-state index contributed by atoms with van der Waals surface area (Å²) in [5.41, 5.74) is -1.47. The molecule has 2 heterocycles. The topological polar surface area (TPSA) is 161 Å². The van der Waals surface area contributed by atoms with Crippen molar-refractivity contribution in [1.82, 2.24) is 24.3 Å². The molecule has 0 radical (unpaired) electrons. The van der Waals surface area contributed by atoms with Gasteiger partial charge >= 0.3 is 5.69 Å². The van der Waals surface area contributed by atoms with Crippen LogP contribution in [0.25, 0.3) is 5.69 Å². The minimum atomic E-state index is -4.08. The Morgan fingerprint density at radius 2 is 1.85 bits per heavy atom. The van der Waals surface area contributed by atoms with Crippen LogP contribution in [0.4, 0.5) is 5.69 Å². The average molecular weight is 525 g/mol. The number of ether oxygens (including phenoxy) is 1. The van der Waals surface area contributed by atoms with E-state index in [0.717, 1.165) is 10.9 Å². The second-order valence-electron chi connectivity index (χ2n) is 6.85. The highest BCUT2D eigenvalue weighted by molar-refractivity contribution is 7.92. The molecule has 12 nitrogen and oxygen atoms in total. The Bertz CT molecular complexity index is 1610. The highest BCUT2D eigenvalue weighted by Gasteiger charge is 2.20. The maximum absolute atomic E-state index is 12.5. The van der Waals surface area contributed by atoms with Crippen molar-refractivity contribution in [3.8, 4) is 22.9 Å². The zero-order valence-electron chi connectivity index (χ0n) is 17.1. The van der Waals surface area contributed by atoms with E-state index in [0.29, 0.717) is 0 Å². The Morgan fingerprint density at radius 3 is 2.47 bits per heavy atom. The minimum absolute atomic E-state index is 0.00576. The Kier molecular flexibility index (Phi) is 6.08. The fraction of sp³-hybridized carbons (Fsp3) is 0.0526. The zero-order chi connectivity index (χ0) is 24.6. The zero-order valence-corrected chi connectivity index (χ0v) is 19.4. The summed E-state index contributed by atoms with van der Waals surface area (Å²) in [4.78, 5) is 29.0. The maximum atomic E-state index is 12.5. The number of hydrogen-bond donors (Lipinski definition) is 3. The first-order valence-corrected chi connectivity index (χ1v) is 11.5. The van der Waals surface area contributed by atoms with Gasteiger partial charge in [-0.1, -0.05) is 23.2 Å². The molecule has 2 aromatic carbocycles. The molecule has 0 amide bonds. The van der Waals surface area contributed by atoms with Crippen molar-refractivity contribution in [2.45, 2.75) is 5.03 Å². The number of nitrogens with one attached hydrogen (secondary N) is 2. The van der Waals surface area contributed by atoms with Crippen molar-refractivity contribution in [3.63, 3.8) is 0 Å². The Balaban J connectivity index is 1.64. The lowest BCUT2D eigenvalue weighted by Crippen LogP contribution is -2.30. The Morgan fingerprint density at radius 1 is 1.15 bits per heavy atom. The number of sulfonamides is 1.